The molecule has 0 aromatic heterocycles. The van der Waals surface area contributed by atoms with E-state index in [9.17, 15) is 24.6 Å². The van der Waals surface area contributed by atoms with E-state index < -0.39 is 17.1 Å². The van der Waals surface area contributed by atoms with Crippen molar-refractivity contribution in [3.63, 3.8) is 0 Å². The van der Waals surface area contributed by atoms with E-state index in [4.69, 9.17) is 4.74 Å². The Kier molecular flexibility index (Phi) is 7.60. The fourth-order valence-corrected chi connectivity index (χ4v) is 12.6. The molecule has 7 rings (SSSR count). The number of nitrogens with one attached hydrogen (secondary N) is 3. The van der Waals surface area contributed by atoms with Crippen LogP contribution in [-0.2, 0) is 14.3 Å². The number of ether oxygens (including phenoxy) is 1. The Bertz CT molecular complexity index is 1200. The van der Waals surface area contributed by atoms with E-state index in [2.05, 4.69) is 29.8 Å². The third-order valence-corrected chi connectivity index (χ3v) is 15.0. The Morgan fingerprint density at radius 3 is 2.72 bits per heavy atom. The van der Waals surface area contributed by atoms with Gasteiger partial charge in [0.25, 0.3) is 0 Å². The quantitative estimate of drug-likeness (QED) is 0.168. The lowest BCUT2D eigenvalue weighted by Gasteiger charge is -2.65. The van der Waals surface area contributed by atoms with E-state index in [1.165, 1.54) is 0 Å². The largest absolute Gasteiger partial charge is 0.458 e. The van der Waals surface area contributed by atoms with Gasteiger partial charge in [-0.25, -0.2) is 9.59 Å². The molecule has 9 nitrogen and oxygen atoms in total. The minimum Gasteiger partial charge on any atom is -0.458 e. The van der Waals surface area contributed by atoms with Gasteiger partial charge >= 0.3 is 12.0 Å². The van der Waals surface area contributed by atoms with Gasteiger partial charge in [0.2, 0.25) is 5.91 Å². The number of urea groups is 1. The zero-order valence-corrected chi connectivity index (χ0v) is 26.4. The third-order valence-electron chi connectivity index (χ3n) is 13.5. The normalized spacial score (nSPS) is 48.3. The van der Waals surface area contributed by atoms with E-state index in [0.717, 1.165) is 69.1 Å². The lowest BCUT2D eigenvalue weighted by atomic mass is 9.42. The molecule has 3 aliphatic heterocycles. The van der Waals surface area contributed by atoms with Crippen molar-refractivity contribution in [2.24, 2.45) is 34.5 Å². The number of carbonyl (C=O) groups is 3. The highest BCUT2D eigenvalue weighted by Gasteiger charge is 2.70. The van der Waals surface area contributed by atoms with Gasteiger partial charge in [0.1, 0.15) is 6.61 Å². The zero-order valence-electron chi connectivity index (χ0n) is 25.6. The van der Waals surface area contributed by atoms with Crippen molar-refractivity contribution in [2.45, 2.75) is 126 Å². The standard InChI is InChI=1S/C33H49N3O6S/c1-31-11-9-20(34-27(38)6-4-3-5-25-29-24(17-43-25)35-30(40)36-29)14-19(31)7-8-22-23(31)15-26(37)32(2)21(10-12-33(22,32)41)18-13-28(39)42-16-18/h13,19-26,29,37,41H,3-12,14-17H2,1-2H3,(H,34,38)(H2,35,36,40)/t19-,20+,21-,22-,23+,24?,25+,26-,29?,31+,32+,33+/m1/s1. The maximum absolute atomic E-state index is 12.9. The molecule has 0 aromatic rings. The topological polar surface area (TPSA) is 137 Å². The van der Waals surface area contributed by atoms with E-state index in [-0.39, 0.29) is 65.8 Å². The highest BCUT2D eigenvalue weighted by Crippen LogP contribution is 2.69. The molecule has 238 valence electrons. The molecule has 43 heavy (non-hydrogen) atoms. The van der Waals surface area contributed by atoms with Gasteiger partial charge in [-0.1, -0.05) is 20.3 Å². The molecule has 3 heterocycles. The highest BCUT2D eigenvalue weighted by atomic mass is 32.2. The van der Waals surface area contributed by atoms with Gasteiger partial charge in [0.15, 0.2) is 0 Å². The van der Waals surface area contributed by atoms with Crippen LogP contribution in [0.2, 0.25) is 0 Å². The van der Waals surface area contributed by atoms with Crippen LogP contribution in [0.1, 0.15) is 90.9 Å². The Labute approximate surface area is 259 Å². The summed E-state index contributed by atoms with van der Waals surface area (Å²) < 4.78 is 5.23. The molecule has 2 saturated heterocycles. The number of cyclic esters (lactones) is 1. The third kappa shape index (κ3) is 4.75. The molecule has 2 unspecified atom stereocenters. The molecule has 6 fully saturated rings. The number of thioether (sulfide) groups is 1. The number of esters is 1. The minimum atomic E-state index is -0.955. The molecule has 0 bridgehead atoms. The molecular weight excluding hydrogens is 566 g/mol. The van der Waals surface area contributed by atoms with Gasteiger partial charge in [0.05, 0.1) is 23.8 Å². The number of carbonyl (C=O) groups excluding carboxylic acids is 3. The predicted octanol–water partition coefficient (Wildman–Crippen LogP) is 3.42. The number of amides is 3. The van der Waals surface area contributed by atoms with Gasteiger partial charge in [-0.2, -0.15) is 11.8 Å². The average molecular weight is 616 g/mol. The van der Waals surface area contributed by atoms with E-state index in [0.29, 0.717) is 30.4 Å². The van der Waals surface area contributed by atoms with Crippen molar-refractivity contribution >= 4 is 29.7 Å². The predicted molar refractivity (Wildman–Crippen MR) is 163 cm³/mol. The fourth-order valence-electron chi connectivity index (χ4n) is 11.1. The second-order valence-corrected chi connectivity index (χ2v) is 16.5. The second-order valence-electron chi connectivity index (χ2n) is 15.3. The molecule has 10 heteroatoms. The Morgan fingerprint density at radius 2 is 1.93 bits per heavy atom. The fraction of sp³-hybridized carbons (Fsp3) is 0.848. The Morgan fingerprint density at radius 1 is 1.09 bits per heavy atom. The smallest absolute Gasteiger partial charge is 0.331 e. The van der Waals surface area contributed by atoms with Crippen molar-refractivity contribution in [3.05, 3.63) is 11.6 Å². The second kappa shape index (κ2) is 10.9. The summed E-state index contributed by atoms with van der Waals surface area (Å²) in [7, 11) is 0. The molecule has 7 aliphatic rings. The van der Waals surface area contributed by atoms with Crippen molar-refractivity contribution in [1.82, 2.24) is 16.0 Å². The van der Waals surface area contributed by atoms with Crippen LogP contribution in [0.25, 0.3) is 0 Å². The van der Waals surface area contributed by atoms with E-state index >= 15 is 0 Å². The van der Waals surface area contributed by atoms with Gasteiger partial charge in [-0.05, 0) is 98.9 Å². The Balaban J connectivity index is 0.932. The summed E-state index contributed by atoms with van der Waals surface area (Å²) in [5, 5.41) is 34.0. The van der Waals surface area contributed by atoms with Crippen LogP contribution in [-0.4, -0.2) is 75.6 Å². The molecule has 3 amide bonds. The summed E-state index contributed by atoms with van der Waals surface area (Å²) >= 11 is 1.92. The van der Waals surface area contributed by atoms with Crippen molar-refractivity contribution in [3.8, 4) is 0 Å². The number of rotatable bonds is 7. The summed E-state index contributed by atoms with van der Waals surface area (Å²) in [6, 6.07) is 0.605. The number of hydrogen-bond acceptors (Lipinski definition) is 7. The summed E-state index contributed by atoms with van der Waals surface area (Å²) in [6.07, 6.45) is 11.4. The van der Waals surface area contributed by atoms with E-state index in [1.807, 2.05) is 11.8 Å². The maximum atomic E-state index is 12.9. The van der Waals surface area contributed by atoms with Gasteiger partial charge in [0, 0.05) is 35.0 Å². The number of unbranched alkanes of at least 4 members (excludes halogenated alkanes) is 1. The maximum Gasteiger partial charge on any atom is 0.331 e. The van der Waals surface area contributed by atoms with Crippen LogP contribution >= 0.6 is 11.8 Å². The average Bonchev–Trinajstić information content (AvgIpc) is 3.72. The lowest BCUT2D eigenvalue weighted by molar-refractivity contribution is -0.243. The van der Waals surface area contributed by atoms with Crippen LogP contribution in [0.3, 0.4) is 0 Å². The van der Waals surface area contributed by atoms with Crippen LogP contribution in [0, 0.1) is 34.5 Å². The molecule has 0 aromatic carbocycles. The lowest BCUT2D eigenvalue weighted by Crippen LogP contribution is -2.67. The molecule has 4 saturated carbocycles. The van der Waals surface area contributed by atoms with Crippen LogP contribution in [0.4, 0.5) is 4.79 Å². The number of hydrogen-bond donors (Lipinski definition) is 5. The Hall–Kier alpha value is -1.78. The van der Waals surface area contributed by atoms with Crippen LogP contribution in [0.5, 0.6) is 0 Å². The molecule has 0 spiro atoms. The monoisotopic (exact) mass is 615 g/mol. The summed E-state index contributed by atoms with van der Waals surface area (Å²) in [5.41, 5.74) is -0.665. The number of aliphatic hydroxyl groups is 2. The SMILES string of the molecule is C[C@]12CC[C@H](NC(=O)CCCC[C@@H]3SCC4NC(=O)NC43)C[C@H]1CC[C@@H]1[C@@H]2C[C@@H](O)[C@]2(C)[C@@H](C3=CC(=O)OC3)CC[C@]12O. The first-order valence-corrected chi connectivity index (χ1v) is 17.8. The van der Waals surface area contributed by atoms with Gasteiger partial charge < -0.3 is 30.9 Å². The summed E-state index contributed by atoms with van der Waals surface area (Å²) in [6.45, 7) is 4.72. The zero-order chi connectivity index (χ0) is 30.1. The highest BCUT2D eigenvalue weighted by molar-refractivity contribution is 8.00. The first-order valence-electron chi connectivity index (χ1n) is 16.8. The minimum absolute atomic E-state index is 0.0350. The molecule has 12 atom stereocenters. The molecule has 0 radical (unpaired) electrons. The van der Waals surface area contributed by atoms with Crippen molar-refractivity contribution in [1.29, 1.82) is 0 Å². The summed E-state index contributed by atoms with van der Waals surface area (Å²) in [4.78, 5) is 36.4. The van der Waals surface area contributed by atoms with Crippen molar-refractivity contribution in [2.75, 3.05) is 12.4 Å². The van der Waals surface area contributed by atoms with Crippen LogP contribution < -0.4 is 16.0 Å². The van der Waals surface area contributed by atoms with Crippen molar-refractivity contribution < 1.29 is 29.3 Å². The van der Waals surface area contributed by atoms with Gasteiger partial charge in [-0.15, -0.1) is 0 Å². The number of fused-ring (bicyclic) bond motifs is 6. The first kappa shape index (κ1) is 29.9. The molecule has 5 N–H and O–H groups in total. The summed E-state index contributed by atoms with van der Waals surface area (Å²) in [5.74, 6) is 1.62. The molecule has 4 aliphatic carbocycles. The molecular formula is C33H49N3O6S. The van der Waals surface area contributed by atoms with Crippen LogP contribution in [0.15, 0.2) is 11.6 Å². The number of aliphatic hydroxyl groups excluding tert-OH is 1. The van der Waals surface area contributed by atoms with Gasteiger partial charge in [-0.3, -0.25) is 4.79 Å². The first-order chi connectivity index (χ1) is 20.5. The van der Waals surface area contributed by atoms with E-state index in [1.54, 1.807) is 6.08 Å².